The fourth-order valence-electron chi connectivity index (χ4n) is 2.05. The van der Waals surface area contributed by atoms with Gasteiger partial charge in [0.2, 0.25) is 10.0 Å². The monoisotopic (exact) mass is 288 g/mol. The zero-order valence-corrected chi connectivity index (χ0v) is 12.6. The molecule has 0 atom stereocenters. The van der Waals surface area contributed by atoms with Crippen LogP contribution >= 0.6 is 0 Å². The Morgan fingerprint density at radius 1 is 1.37 bits per heavy atom. The van der Waals surface area contributed by atoms with Crippen LogP contribution in [0, 0.1) is 12.7 Å². The first-order valence-electron chi connectivity index (χ1n) is 6.18. The van der Waals surface area contributed by atoms with Crippen molar-refractivity contribution in [2.75, 3.05) is 5.73 Å². The third-order valence-electron chi connectivity index (χ3n) is 2.87. The second-order valence-electron chi connectivity index (χ2n) is 5.38. The van der Waals surface area contributed by atoms with Crippen molar-refractivity contribution in [3.05, 3.63) is 23.5 Å². The summed E-state index contributed by atoms with van der Waals surface area (Å²) in [5.41, 5.74) is 5.06. The zero-order valence-electron chi connectivity index (χ0n) is 11.7. The van der Waals surface area contributed by atoms with Crippen LogP contribution in [0.4, 0.5) is 10.1 Å². The highest BCUT2D eigenvalue weighted by Crippen LogP contribution is 2.23. The van der Waals surface area contributed by atoms with Crippen molar-refractivity contribution in [2.45, 2.75) is 51.0 Å². The molecule has 0 spiro atoms. The topological polar surface area (TPSA) is 72.2 Å². The summed E-state index contributed by atoms with van der Waals surface area (Å²) in [6, 6.07) is 2.30. The van der Waals surface area contributed by atoms with E-state index in [2.05, 4.69) is 4.72 Å². The van der Waals surface area contributed by atoms with Crippen molar-refractivity contribution >= 4 is 15.7 Å². The first kappa shape index (κ1) is 15.9. The summed E-state index contributed by atoms with van der Waals surface area (Å²) in [5.74, 6) is -0.607. The number of benzene rings is 1. The Bertz CT molecular complexity index is 568. The largest absolute Gasteiger partial charge is 0.396 e. The van der Waals surface area contributed by atoms with E-state index in [0.29, 0.717) is 12.0 Å². The molecule has 6 heteroatoms. The number of nitrogen functional groups attached to an aromatic ring is 1. The summed E-state index contributed by atoms with van der Waals surface area (Å²) in [6.07, 6.45) is 1.57. The highest BCUT2D eigenvalue weighted by Gasteiger charge is 2.27. The molecule has 1 aromatic rings. The van der Waals surface area contributed by atoms with Gasteiger partial charge in [0.25, 0.3) is 0 Å². The van der Waals surface area contributed by atoms with E-state index < -0.39 is 21.4 Å². The van der Waals surface area contributed by atoms with Gasteiger partial charge in [0.15, 0.2) is 0 Å². The minimum Gasteiger partial charge on any atom is -0.396 e. The predicted molar refractivity (Wildman–Crippen MR) is 74.9 cm³/mol. The Morgan fingerprint density at radius 2 is 1.95 bits per heavy atom. The molecule has 0 unspecified atom stereocenters. The van der Waals surface area contributed by atoms with Crippen LogP contribution in [-0.4, -0.2) is 14.0 Å². The predicted octanol–water partition coefficient (Wildman–Crippen LogP) is 2.57. The summed E-state index contributed by atoms with van der Waals surface area (Å²) in [6.45, 7) is 7.16. The Labute approximate surface area is 114 Å². The smallest absolute Gasteiger partial charge is 0.241 e. The van der Waals surface area contributed by atoms with Crippen molar-refractivity contribution in [1.29, 1.82) is 0 Å². The molecule has 19 heavy (non-hydrogen) atoms. The molecular formula is C13H21FN2O2S. The minimum atomic E-state index is -3.71. The molecule has 0 bridgehead atoms. The van der Waals surface area contributed by atoms with E-state index >= 15 is 0 Å². The third-order valence-corrected chi connectivity index (χ3v) is 4.71. The van der Waals surface area contributed by atoms with E-state index in [1.165, 1.54) is 0 Å². The lowest BCUT2D eigenvalue weighted by Crippen LogP contribution is -2.43. The van der Waals surface area contributed by atoms with Crippen molar-refractivity contribution in [3.8, 4) is 0 Å². The maximum absolute atomic E-state index is 13.3. The number of halogens is 1. The lowest BCUT2D eigenvalue weighted by Gasteiger charge is -2.26. The highest BCUT2D eigenvalue weighted by atomic mass is 32.2. The maximum Gasteiger partial charge on any atom is 0.241 e. The van der Waals surface area contributed by atoms with E-state index in [-0.39, 0.29) is 10.6 Å². The Morgan fingerprint density at radius 3 is 2.47 bits per heavy atom. The number of hydrogen-bond acceptors (Lipinski definition) is 3. The molecule has 3 N–H and O–H groups in total. The Hall–Kier alpha value is -1.14. The standard InChI is InChI=1S/C13H21FN2O2S/c1-5-6-13(3,4)16-19(17,18)12-8-11(15)10(14)7-9(12)2/h7-8,16H,5-6,15H2,1-4H3. The summed E-state index contributed by atoms with van der Waals surface area (Å²) < 4.78 is 40.5. The first-order chi connectivity index (χ1) is 8.59. The molecule has 1 aromatic carbocycles. The fraction of sp³-hybridized carbons (Fsp3) is 0.538. The van der Waals surface area contributed by atoms with Crippen molar-refractivity contribution < 1.29 is 12.8 Å². The summed E-state index contributed by atoms with van der Waals surface area (Å²) in [4.78, 5) is 0.0237. The van der Waals surface area contributed by atoms with Gasteiger partial charge in [-0.3, -0.25) is 0 Å². The van der Waals surface area contributed by atoms with Gasteiger partial charge >= 0.3 is 0 Å². The molecule has 0 aliphatic heterocycles. The van der Waals surface area contributed by atoms with E-state index in [1.807, 2.05) is 20.8 Å². The number of hydrogen-bond donors (Lipinski definition) is 2. The van der Waals surface area contributed by atoms with E-state index in [9.17, 15) is 12.8 Å². The van der Waals surface area contributed by atoms with E-state index in [1.54, 1.807) is 6.92 Å². The highest BCUT2D eigenvalue weighted by molar-refractivity contribution is 7.89. The van der Waals surface area contributed by atoms with Crippen LogP contribution < -0.4 is 10.5 Å². The van der Waals surface area contributed by atoms with Crippen molar-refractivity contribution in [2.24, 2.45) is 0 Å². The fourth-order valence-corrected chi connectivity index (χ4v) is 3.76. The third kappa shape index (κ3) is 3.91. The number of anilines is 1. The molecule has 108 valence electrons. The van der Waals surface area contributed by atoms with Crippen molar-refractivity contribution in [3.63, 3.8) is 0 Å². The normalized spacial score (nSPS) is 12.7. The SMILES string of the molecule is CCCC(C)(C)NS(=O)(=O)c1cc(N)c(F)cc1C. The second kappa shape index (κ2) is 5.46. The molecule has 0 saturated heterocycles. The molecule has 0 heterocycles. The molecule has 0 aliphatic rings. The van der Waals surface area contributed by atoms with Gasteiger partial charge in [-0.05, 0) is 44.9 Å². The van der Waals surface area contributed by atoms with Crippen LogP contribution in [0.1, 0.15) is 39.2 Å². The van der Waals surface area contributed by atoms with Crippen LogP contribution in [0.5, 0.6) is 0 Å². The average Bonchev–Trinajstić information content (AvgIpc) is 2.21. The van der Waals surface area contributed by atoms with Crippen LogP contribution in [0.2, 0.25) is 0 Å². The molecule has 0 saturated carbocycles. The quantitative estimate of drug-likeness (QED) is 0.818. The van der Waals surface area contributed by atoms with Gasteiger partial charge in [-0.1, -0.05) is 13.3 Å². The van der Waals surface area contributed by atoms with Crippen LogP contribution in [0.3, 0.4) is 0 Å². The van der Waals surface area contributed by atoms with Crippen LogP contribution in [0.15, 0.2) is 17.0 Å². The van der Waals surface area contributed by atoms with Crippen molar-refractivity contribution in [1.82, 2.24) is 4.72 Å². The van der Waals surface area contributed by atoms with Crippen LogP contribution in [0.25, 0.3) is 0 Å². The first-order valence-corrected chi connectivity index (χ1v) is 7.67. The zero-order chi connectivity index (χ0) is 14.8. The molecular weight excluding hydrogens is 267 g/mol. The number of sulfonamides is 1. The maximum atomic E-state index is 13.3. The number of nitrogens with two attached hydrogens (primary N) is 1. The number of rotatable bonds is 5. The molecule has 0 aromatic heterocycles. The van der Waals surface area contributed by atoms with Crippen LogP contribution in [-0.2, 0) is 10.0 Å². The molecule has 0 aliphatic carbocycles. The van der Waals surface area contributed by atoms with Gasteiger partial charge in [-0.2, -0.15) is 0 Å². The van der Waals surface area contributed by atoms with Gasteiger partial charge in [-0.25, -0.2) is 17.5 Å². The molecule has 0 amide bonds. The van der Waals surface area contributed by atoms with E-state index in [4.69, 9.17) is 5.73 Å². The molecule has 1 rings (SSSR count). The van der Waals surface area contributed by atoms with Gasteiger partial charge in [0, 0.05) is 5.54 Å². The minimum absolute atomic E-state index is 0.0237. The molecule has 4 nitrogen and oxygen atoms in total. The van der Waals surface area contributed by atoms with Gasteiger partial charge in [0.05, 0.1) is 10.6 Å². The lowest BCUT2D eigenvalue weighted by atomic mass is 10.0. The van der Waals surface area contributed by atoms with E-state index in [0.717, 1.165) is 18.6 Å². The summed E-state index contributed by atoms with van der Waals surface area (Å²) in [5, 5.41) is 0. The van der Waals surface area contributed by atoms with Gasteiger partial charge < -0.3 is 5.73 Å². The Balaban J connectivity index is 3.18. The van der Waals surface area contributed by atoms with Gasteiger partial charge in [0.1, 0.15) is 5.82 Å². The number of nitrogens with one attached hydrogen (secondary N) is 1. The lowest BCUT2D eigenvalue weighted by molar-refractivity contribution is 0.417. The van der Waals surface area contributed by atoms with Gasteiger partial charge in [-0.15, -0.1) is 0 Å². The molecule has 0 radical (unpaired) electrons. The molecule has 0 fully saturated rings. The summed E-state index contributed by atoms with van der Waals surface area (Å²) >= 11 is 0. The summed E-state index contributed by atoms with van der Waals surface area (Å²) in [7, 11) is -3.71. The number of aryl methyl sites for hydroxylation is 1. The second-order valence-corrected chi connectivity index (χ2v) is 7.03. The average molecular weight is 288 g/mol. The Kier molecular flexibility index (Phi) is 4.58.